The molecule has 0 aliphatic carbocycles. The van der Waals surface area contributed by atoms with E-state index in [1.807, 2.05) is 33.7 Å². The van der Waals surface area contributed by atoms with Crippen LogP contribution in [0.1, 0.15) is 47.8 Å². The van der Waals surface area contributed by atoms with Crippen molar-refractivity contribution in [2.45, 2.75) is 51.8 Å². The summed E-state index contributed by atoms with van der Waals surface area (Å²) in [4.78, 5) is 37.6. The lowest BCUT2D eigenvalue weighted by Gasteiger charge is -2.25. The van der Waals surface area contributed by atoms with Crippen molar-refractivity contribution in [1.82, 2.24) is 19.4 Å². The topological polar surface area (TPSA) is 113 Å². The van der Waals surface area contributed by atoms with Crippen LogP contribution in [0.5, 0.6) is 0 Å². The molecule has 192 valence electrons. The van der Waals surface area contributed by atoms with E-state index in [-0.39, 0.29) is 17.9 Å². The van der Waals surface area contributed by atoms with Gasteiger partial charge in [0.05, 0.1) is 38.6 Å². The Morgan fingerprint density at radius 1 is 1.32 bits per heavy atom. The highest BCUT2D eigenvalue weighted by Gasteiger charge is 2.29. The van der Waals surface area contributed by atoms with Gasteiger partial charge in [-0.25, -0.2) is 9.97 Å². The van der Waals surface area contributed by atoms with E-state index in [0.717, 1.165) is 28.8 Å². The SMILES string of the molecule is C=CC(=O)N1CCCC1Cn1c(NC(=O)c2ccc(-c3cnc(C)o3)s2)nc2cc(C(C)(C)O)ccc21. The van der Waals surface area contributed by atoms with E-state index in [1.54, 1.807) is 33.0 Å². The lowest BCUT2D eigenvalue weighted by atomic mass is 9.98. The molecule has 1 atom stereocenters. The molecule has 37 heavy (non-hydrogen) atoms. The fourth-order valence-corrected chi connectivity index (χ4v) is 5.51. The zero-order valence-electron chi connectivity index (χ0n) is 21.0. The van der Waals surface area contributed by atoms with Crippen LogP contribution < -0.4 is 5.32 Å². The number of oxazole rings is 1. The second-order valence-corrected chi connectivity index (χ2v) is 10.8. The summed E-state index contributed by atoms with van der Waals surface area (Å²) in [7, 11) is 0. The molecule has 1 aromatic carbocycles. The Hall–Kier alpha value is -3.76. The molecule has 3 aromatic heterocycles. The number of anilines is 1. The number of nitrogens with zero attached hydrogens (tertiary/aromatic N) is 4. The summed E-state index contributed by atoms with van der Waals surface area (Å²) >= 11 is 1.31. The minimum Gasteiger partial charge on any atom is -0.440 e. The van der Waals surface area contributed by atoms with E-state index in [4.69, 9.17) is 9.40 Å². The number of aryl methyl sites for hydroxylation is 1. The van der Waals surface area contributed by atoms with Crippen molar-refractivity contribution in [2.24, 2.45) is 0 Å². The highest BCUT2D eigenvalue weighted by atomic mass is 32.1. The maximum Gasteiger partial charge on any atom is 0.268 e. The van der Waals surface area contributed by atoms with E-state index in [0.29, 0.717) is 41.1 Å². The van der Waals surface area contributed by atoms with Crippen molar-refractivity contribution in [2.75, 3.05) is 11.9 Å². The number of carbonyl (C=O) groups excluding carboxylic acids is 2. The van der Waals surface area contributed by atoms with Crippen LogP contribution in [-0.2, 0) is 16.9 Å². The third-order valence-corrected chi connectivity index (χ3v) is 7.70. The van der Waals surface area contributed by atoms with Gasteiger partial charge < -0.3 is 19.0 Å². The monoisotopic (exact) mass is 519 g/mol. The highest BCUT2D eigenvalue weighted by Crippen LogP contribution is 2.31. The van der Waals surface area contributed by atoms with Crippen molar-refractivity contribution >= 4 is 40.1 Å². The number of rotatable bonds is 7. The normalized spacial score (nSPS) is 15.9. The molecule has 9 nitrogen and oxygen atoms in total. The number of hydrogen-bond donors (Lipinski definition) is 2. The predicted octanol–water partition coefficient (Wildman–Crippen LogP) is 4.72. The van der Waals surface area contributed by atoms with Crippen molar-refractivity contribution in [3.05, 3.63) is 65.5 Å². The van der Waals surface area contributed by atoms with E-state index in [9.17, 15) is 14.7 Å². The molecule has 0 radical (unpaired) electrons. The van der Waals surface area contributed by atoms with E-state index >= 15 is 0 Å². The largest absolute Gasteiger partial charge is 0.440 e. The lowest BCUT2D eigenvalue weighted by Crippen LogP contribution is -2.37. The number of amides is 2. The van der Waals surface area contributed by atoms with Gasteiger partial charge in [-0.15, -0.1) is 11.3 Å². The number of benzene rings is 1. The van der Waals surface area contributed by atoms with E-state index in [1.165, 1.54) is 17.4 Å². The minimum absolute atomic E-state index is 0.0458. The van der Waals surface area contributed by atoms with Crippen LogP contribution in [0.15, 0.2) is 53.6 Å². The first kappa shape index (κ1) is 24.9. The molecule has 1 unspecified atom stereocenters. The van der Waals surface area contributed by atoms with Gasteiger partial charge in [0, 0.05) is 20.0 Å². The number of likely N-dealkylation sites (tertiary alicyclic amines) is 1. The Labute approximate surface area is 218 Å². The van der Waals surface area contributed by atoms with Crippen molar-refractivity contribution in [3.63, 3.8) is 0 Å². The number of aromatic nitrogens is 3. The molecule has 4 aromatic rings. The number of nitrogens with one attached hydrogen (secondary N) is 1. The van der Waals surface area contributed by atoms with Crippen LogP contribution in [0.25, 0.3) is 21.7 Å². The zero-order chi connectivity index (χ0) is 26.3. The van der Waals surface area contributed by atoms with Crippen LogP contribution in [-0.4, -0.2) is 48.9 Å². The molecule has 4 heterocycles. The highest BCUT2D eigenvalue weighted by molar-refractivity contribution is 7.17. The second kappa shape index (κ2) is 9.60. The van der Waals surface area contributed by atoms with Crippen LogP contribution >= 0.6 is 11.3 Å². The summed E-state index contributed by atoms with van der Waals surface area (Å²) in [6.07, 6.45) is 4.73. The first-order valence-electron chi connectivity index (χ1n) is 12.1. The van der Waals surface area contributed by atoms with Crippen LogP contribution in [0.4, 0.5) is 5.95 Å². The molecule has 0 saturated carbocycles. The molecule has 2 N–H and O–H groups in total. The Kier molecular flexibility index (Phi) is 6.47. The van der Waals surface area contributed by atoms with Gasteiger partial charge in [-0.2, -0.15) is 0 Å². The molecule has 2 amide bonds. The summed E-state index contributed by atoms with van der Waals surface area (Å²) in [5.74, 6) is 1.16. The first-order chi connectivity index (χ1) is 17.6. The smallest absolute Gasteiger partial charge is 0.268 e. The van der Waals surface area contributed by atoms with Gasteiger partial charge in [-0.05, 0) is 62.6 Å². The van der Waals surface area contributed by atoms with Crippen LogP contribution in [0.3, 0.4) is 0 Å². The fourth-order valence-electron chi connectivity index (χ4n) is 4.66. The van der Waals surface area contributed by atoms with Gasteiger partial charge in [0.1, 0.15) is 0 Å². The number of thiophene rings is 1. The number of fused-ring (bicyclic) bond motifs is 1. The molecule has 10 heteroatoms. The zero-order valence-corrected chi connectivity index (χ0v) is 21.8. The van der Waals surface area contributed by atoms with Gasteiger partial charge >= 0.3 is 0 Å². The van der Waals surface area contributed by atoms with Gasteiger partial charge in [0.25, 0.3) is 5.91 Å². The second-order valence-electron chi connectivity index (χ2n) is 9.70. The maximum atomic E-state index is 13.3. The van der Waals surface area contributed by atoms with Crippen molar-refractivity contribution in [1.29, 1.82) is 0 Å². The average molecular weight is 520 g/mol. The summed E-state index contributed by atoms with van der Waals surface area (Å²) in [5, 5.41) is 13.5. The van der Waals surface area contributed by atoms with Crippen LogP contribution in [0, 0.1) is 6.92 Å². The molecule has 1 aliphatic rings. The lowest BCUT2D eigenvalue weighted by molar-refractivity contribution is -0.126. The Morgan fingerprint density at radius 2 is 2.14 bits per heavy atom. The minimum atomic E-state index is -1.04. The van der Waals surface area contributed by atoms with Gasteiger partial charge in [0.2, 0.25) is 11.9 Å². The summed E-state index contributed by atoms with van der Waals surface area (Å²) < 4.78 is 7.52. The number of aliphatic hydroxyl groups is 1. The molecular weight excluding hydrogens is 490 g/mol. The molecule has 5 rings (SSSR count). The Balaban J connectivity index is 1.49. The number of hydrogen-bond acceptors (Lipinski definition) is 7. The van der Waals surface area contributed by atoms with Gasteiger partial charge in [-0.3, -0.25) is 14.9 Å². The third-order valence-electron chi connectivity index (χ3n) is 6.60. The quantitative estimate of drug-likeness (QED) is 0.342. The molecule has 1 aliphatic heterocycles. The third kappa shape index (κ3) is 4.94. The number of imidazole rings is 1. The van der Waals surface area contributed by atoms with Crippen LogP contribution in [0.2, 0.25) is 0 Å². The molecule has 0 spiro atoms. The van der Waals surface area contributed by atoms with Gasteiger partial charge in [0.15, 0.2) is 11.7 Å². The van der Waals surface area contributed by atoms with Crippen molar-refractivity contribution < 1.29 is 19.1 Å². The standard InChI is InChI=1S/C27H29N5O4S/c1-5-24(33)31-12-6-7-18(31)15-32-20-9-8-17(27(3,4)35)13-19(20)29-26(32)30-25(34)23-11-10-22(37-23)21-14-28-16(2)36-21/h5,8-11,13-14,18,35H,1,6-7,12,15H2,2-4H3,(H,29,30,34). The first-order valence-corrected chi connectivity index (χ1v) is 13.0. The van der Waals surface area contributed by atoms with E-state index in [2.05, 4.69) is 16.9 Å². The average Bonchev–Trinajstić information content (AvgIpc) is 3.65. The predicted molar refractivity (Wildman–Crippen MR) is 142 cm³/mol. The van der Waals surface area contributed by atoms with Gasteiger partial charge in [-0.1, -0.05) is 12.6 Å². The number of carbonyl (C=O) groups is 2. The molecule has 1 fully saturated rings. The Bertz CT molecular complexity index is 1490. The van der Waals surface area contributed by atoms with E-state index < -0.39 is 5.60 Å². The molecular formula is C27H29N5O4S. The molecule has 0 bridgehead atoms. The summed E-state index contributed by atoms with van der Waals surface area (Å²) in [6.45, 7) is 9.99. The molecule has 1 saturated heterocycles. The fraction of sp³-hybridized carbons (Fsp3) is 0.333. The maximum absolute atomic E-state index is 13.3. The summed E-state index contributed by atoms with van der Waals surface area (Å²) in [5.41, 5.74) is 1.15. The summed E-state index contributed by atoms with van der Waals surface area (Å²) in [6, 6.07) is 9.12. The van der Waals surface area contributed by atoms with Crippen molar-refractivity contribution in [3.8, 4) is 10.6 Å². The Morgan fingerprint density at radius 3 is 2.84 bits per heavy atom.